The molecule has 0 atom stereocenters. The van der Waals surface area contributed by atoms with Gasteiger partial charge in [0, 0.05) is 29.7 Å². The summed E-state index contributed by atoms with van der Waals surface area (Å²) in [6, 6.07) is 15.4. The summed E-state index contributed by atoms with van der Waals surface area (Å²) >= 11 is 0. The highest BCUT2D eigenvalue weighted by atomic mass is 32.2. The Morgan fingerprint density at radius 3 is 2.39 bits per heavy atom. The van der Waals surface area contributed by atoms with Crippen molar-refractivity contribution in [3.63, 3.8) is 0 Å². The van der Waals surface area contributed by atoms with Gasteiger partial charge in [0.1, 0.15) is 12.3 Å². The molecule has 3 rings (SSSR count). The van der Waals surface area contributed by atoms with Gasteiger partial charge in [0.2, 0.25) is 5.69 Å². The number of nitrogens with zero attached hydrogens (tertiary/aromatic N) is 1. The maximum Gasteiger partial charge on any atom is 0.264 e. The number of phenols is 1. The molecule has 1 aliphatic heterocycles. The van der Waals surface area contributed by atoms with Gasteiger partial charge in [0.15, 0.2) is 5.71 Å². The van der Waals surface area contributed by atoms with Crippen molar-refractivity contribution in [2.24, 2.45) is 0 Å². The van der Waals surface area contributed by atoms with Gasteiger partial charge in [0.25, 0.3) is 10.1 Å². The molecule has 0 unspecified atom stereocenters. The van der Waals surface area contributed by atoms with Gasteiger partial charge in [-0.05, 0) is 32.4 Å². The zero-order chi connectivity index (χ0) is 20.4. The van der Waals surface area contributed by atoms with Gasteiger partial charge >= 0.3 is 0 Å². The van der Waals surface area contributed by atoms with E-state index in [1.807, 2.05) is 36.4 Å². The van der Waals surface area contributed by atoms with Gasteiger partial charge in [-0.2, -0.15) is 13.0 Å². The Morgan fingerprint density at radius 2 is 1.68 bits per heavy atom. The number of allylic oxidation sites excluding steroid dienone is 1. The third-order valence-electron chi connectivity index (χ3n) is 5.19. The number of hydrogen-bond acceptors (Lipinski definition) is 3. The van der Waals surface area contributed by atoms with Crippen LogP contribution in [0.5, 0.6) is 5.75 Å². The van der Waals surface area contributed by atoms with Gasteiger partial charge in [-0.25, -0.2) is 0 Å². The molecule has 1 aliphatic rings. The summed E-state index contributed by atoms with van der Waals surface area (Å²) in [6.07, 6.45) is 4.97. The second-order valence-corrected chi connectivity index (χ2v) is 9.14. The molecule has 28 heavy (non-hydrogen) atoms. The predicted octanol–water partition coefficient (Wildman–Crippen LogP) is 4.15. The fourth-order valence-corrected chi connectivity index (χ4v) is 4.30. The van der Waals surface area contributed by atoms with Crippen molar-refractivity contribution in [3.05, 3.63) is 65.7 Å². The topological polar surface area (TPSA) is 77.6 Å². The Morgan fingerprint density at radius 1 is 1.00 bits per heavy atom. The quantitative estimate of drug-likeness (QED) is 0.416. The first kappa shape index (κ1) is 20.3. The molecule has 0 spiro atoms. The zero-order valence-electron chi connectivity index (χ0n) is 16.2. The Balaban J connectivity index is 1.94. The number of phenolic OH excluding ortho intramolecular Hbond substituents is 1. The Kier molecular flexibility index (Phi) is 5.72. The monoisotopic (exact) mass is 400 g/mol. The number of aromatic hydroxyl groups is 1. The average Bonchev–Trinajstić information content (AvgIpc) is 2.84. The van der Waals surface area contributed by atoms with Gasteiger partial charge in [-0.3, -0.25) is 4.55 Å². The van der Waals surface area contributed by atoms with Crippen molar-refractivity contribution in [3.8, 4) is 5.75 Å². The Labute approximate surface area is 166 Å². The predicted molar refractivity (Wildman–Crippen MR) is 112 cm³/mol. The van der Waals surface area contributed by atoms with Crippen molar-refractivity contribution >= 4 is 27.6 Å². The summed E-state index contributed by atoms with van der Waals surface area (Å²) in [5, 5.41) is 10.0. The van der Waals surface area contributed by atoms with E-state index in [0.717, 1.165) is 17.0 Å². The van der Waals surface area contributed by atoms with E-state index in [1.54, 1.807) is 12.1 Å². The van der Waals surface area contributed by atoms with Crippen molar-refractivity contribution < 1.29 is 22.7 Å². The van der Waals surface area contributed by atoms with E-state index in [9.17, 15) is 13.5 Å². The molecule has 5 nitrogen and oxygen atoms in total. The summed E-state index contributed by atoms with van der Waals surface area (Å²) < 4.78 is 33.1. The van der Waals surface area contributed by atoms with E-state index in [-0.39, 0.29) is 16.9 Å². The molecule has 2 aromatic carbocycles. The van der Waals surface area contributed by atoms with Crippen LogP contribution in [0.25, 0.3) is 6.08 Å². The van der Waals surface area contributed by atoms with Crippen LogP contribution >= 0.6 is 0 Å². The average molecular weight is 401 g/mol. The van der Waals surface area contributed by atoms with Crippen LogP contribution in [0.3, 0.4) is 0 Å². The molecule has 0 aliphatic carbocycles. The van der Waals surface area contributed by atoms with Crippen LogP contribution in [0.2, 0.25) is 0 Å². The Bertz CT molecular complexity index is 1040. The fourth-order valence-electron chi connectivity index (χ4n) is 3.73. The van der Waals surface area contributed by atoms with Crippen LogP contribution < -0.4 is 0 Å². The molecule has 2 aromatic rings. The minimum absolute atomic E-state index is 0.222. The molecular formula is C22H26NO4S+. The van der Waals surface area contributed by atoms with Crippen LogP contribution in [-0.4, -0.2) is 40.7 Å². The molecule has 0 bridgehead atoms. The van der Waals surface area contributed by atoms with Crippen molar-refractivity contribution in [2.75, 3.05) is 12.3 Å². The van der Waals surface area contributed by atoms with Crippen LogP contribution in [0, 0.1) is 0 Å². The summed E-state index contributed by atoms with van der Waals surface area (Å²) in [6.45, 7) is 4.97. The number of hydrogen-bond donors (Lipinski definition) is 2. The molecule has 0 saturated carbocycles. The normalized spacial score (nSPS) is 16.0. The second-order valence-electron chi connectivity index (χ2n) is 7.56. The second kappa shape index (κ2) is 7.89. The lowest BCUT2D eigenvalue weighted by atomic mass is 9.81. The molecule has 0 fully saturated rings. The lowest BCUT2D eigenvalue weighted by Crippen LogP contribution is -2.28. The maximum absolute atomic E-state index is 11.0. The molecule has 2 N–H and O–H groups in total. The summed E-state index contributed by atoms with van der Waals surface area (Å²) in [5.41, 5.74) is 3.93. The lowest BCUT2D eigenvalue weighted by Gasteiger charge is -2.15. The van der Waals surface area contributed by atoms with Gasteiger partial charge < -0.3 is 5.11 Å². The van der Waals surface area contributed by atoms with E-state index in [4.69, 9.17) is 4.55 Å². The van der Waals surface area contributed by atoms with E-state index < -0.39 is 10.1 Å². The highest BCUT2D eigenvalue weighted by Crippen LogP contribution is 2.40. The van der Waals surface area contributed by atoms with E-state index in [0.29, 0.717) is 19.4 Å². The third kappa shape index (κ3) is 4.34. The van der Waals surface area contributed by atoms with Crippen LogP contribution in [0.15, 0.2) is 54.6 Å². The number of benzene rings is 2. The highest BCUT2D eigenvalue weighted by molar-refractivity contribution is 7.85. The molecule has 0 saturated heterocycles. The zero-order valence-corrected chi connectivity index (χ0v) is 17.0. The largest absolute Gasteiger partial charge is 0.507 e. The third-order valence-corrected chi connectivity index (χ3v) is 6.00. The Hall–Kier alpha value is -2.44. The number of fused-ring (bicyclic) bond motifs is 1. The van der Waals surface area contributed by atoms with Crippen molar-refractivity contribution in [1.29, 1.82) is 0 Å². The minimum atomic E-state index is -3.93. The van der Waals surface area contributed by atoms with E-state index >= 15 is 0 Å². The SMILES string of the molecule is CC1(C)C(/C=C/c2ccccc2O)=[N+](CCCCS(=O)(=O)O)c2ccccc21. The van der Waals surface area contributed by atoms with Gasteiger partial charge in [-0.1, -0.05) is 36.4 Å². The molecule has 0 amide bonds. The highest BCUT2D eigenvalue weighted by Gasteiger charge is 2.43. The first-order valence-corrected chi connectivity index (χ1v) is 11.0. The summed E-state index contributed by atoms with van der Waals surface area (Å²) in [4.78, 5) is 0. The minimum Gasteiger partial charge on any atom is -0.507 e. The first-order chi connectivity index (χ1) is 13.2. The first-order valence-electron chi connectivity index (χ1n) is 9.36. The summed E-state index contributed by atoms with van der Waals surface area (Å²) in [7, 11) is -3.93. The smallest absolute Gasteiger partial charge is 0.264 e. The van der Waals surface area contributed by atoms with E-state index in [2.05, 4.69) is 30.6 Å². The standard InChI is InChI=1S/C22H25NO4S/c1-22(2)18-10-4-5-11-19(18)23(15-7-8-16-28(25,26)27)21(22)14-13-17-9-3-6-12-20(17)24/h3-6,9-14H,7-8,15-16H2,1-2H3,(H,25,26,27)/p+1. The molecule has 148 valence electrons. The molecular weight excluding hydrogens is 374 g/mol. The van der Waals surface area contributed by atoms with E-state index in [1.165, 1.54) is 5.56 Å². The van der Waals surface area contributed by atoms with Crippen LogP contribution in [-0.2, 0) is 15.5 Å². The maximum atomic E-state index is 11.0. The van der Waals surface area contributed by atoms with Crippen molar-refractivity contribution in [2.45, 2.75) is 32.1 Å². The molecule has 0 aromatic heterocycles. The number of rotatable bonds is 7. The molecule has 1 heterocycles. The lowest BCUT2D eigenvalue weighted by molar-refractivity contribution is -0.438. The van der Waals surface area contributed by atoms with Crippen molar-refractivity contribution in [1.82, 2.24) is 0 Å². The fraction of sp³-hybridized carbons (Fsp3) is 0.318. The molecule has 6 heteroatoms. The van der Waals surface area contributed by atoms with Gasteiger partial charge in [-0.15, -0.1) is 0 Å². The van der Waals surface area contributed by atoms with Crippen LogP contribution in [0.4, 0.5) is 5.69 Å². The number of para-hydroxylation sites is 2. The van der Waals surface area contributed by atoms with Gasteiger partial charge in [0.05, 0.1) is 11.2 Å². The molecule has 0 radical (unpaired) electrons. The summed E-state index contributed by atoms with van der Waals surface area (Å²) in [5.74, 6) is 0.00180. The number of unbranched alkanes of at least 4 members (excludes halogenated alkanes) is 1. The van der Waals surface area contributed by atoms with Crippen LogP contribution in [0.1, 0.15) is 37.8 Å².